The number of nitrogens with zero attached hydrogens (tertiary/aromatic N) is 6. The number of aromatic nitrogens is 6. The number of thioether (sulfide) groups is 1. The molecule has 0 spiro atoms. The summed E-state index contributed by atoms with van der Waals surface area (Å²) in [5, 5.41) is 17.9. The third-order valence-corrected chi connectivity index (χ3v) is 6.20. The Morgan fingerprint density at radius 2 is 1.84 bits per heavy atom. The molecule has 0 amide bonds. The van der Waals surface area contributed by atoms with Crippen molar-refractivity contribution in [1.82, 2.24) is 29.4 Å². The molecule has 5 rings (SSSR count). The minimum absolute atomic E-state index is 0.136. The van der Waals surface area contributed by atoms with Crippen molar-refractivity contribution >= 4 is 28.4 Å². The van der Waals surface area contributed by atoms with Crippen molar-refractivity contribution < 1.29 is 9.15 Å². The van der Waals surface area contributed by atoms with Crippen molar-refractivity contribution in [2.75, 3.05) is 7.11 Å². The van der Waals surface area contributed by atoms with E-state index in [0.717, 1.165) is 11.1 Å². The van der Waals surface area contributed by atoms with E-state index < -0.39 is 0 Å². The first-order chi connectivity index (χ1) is 15.6. The average molecular weight is 449 g/mol. The standard InChI is InChI=1S/C22H20N6O3S/c1-13(19-24-23-14(2)31-19)32-22-26-25-21-27(12-15-8-4-7-11-18(15)30-3)20(29)16-9-5-6-10-17(16)28(21)22/h4-11,13H,12H2,1-3H3. The van der Waals surface area contributed by atoms with Crippen LogP contribution in [0.5, 0.6) is 5.75 Å². The Labute approximate surface area is 187 Å². The highest BCUT2D eigenvalue weighted by molar-refractivity contribution is 7.99. The summed E-state index contributed by atoms with van der Waals surface area (Å²) in [6.45, 7) is 4.02. The number of ether oxygens (including phenoxy) is 1. The maximum Gasteiger partial charge on any atom is 0.263 e. The fourth-order valence-electron chi connectivity index (χ4n) is 3.64. The number of methoxy groups -OCH3 is 1. The number of rotatable bonds is 6. The van der Waals surface area contributed by atoms with Crippen LogP contribution in [0.1, 0.15) is 29.5 Å². The lowest BCUT2D eigenvalue weighted by Gasteiger charge is -2.13. The number of benzene rings is 2. The molecular formula is C22H20N6O3S. The highest BCUT2D eigenvalue weighted by Crippen LogP contribution is 2.34. The number of fused-ring (bicyclic) bond motifs is 3. The second-order valence-corrected chi connectivity index (χ2v) is 8.57. The third kappa shape index (κ3) is 3.42. The SMILES string of the molecule is COc1ccccc1Cn1c(=O)c2ccccc2n2c(SC(C)c3nnc(C)o3)nnc12. The van der Waals surface area contributed by atoms with Crippen LogP contribution < -0.4 is 10.3 Å². The number of hydrogen-bond acceptors (Lipinski definition) is 8. The molecule has 162 valence electrons. The first-order valence-corrected chi connectivity index (χ1v) is 10.9. The van der Waals surface area contributed by atoms with E-state index in [0.29, 0.717) is 40.4 Å². The first kappa shape index (κ1) is 20.3. The van der Waals surface area contributed by atoms with Gasteiger partial charge in [-0.3, -0.25) is 13.8 Å². The molecule has 0 fully saturated rings. The summed E-state index contributed by atoms with van der Waals surface area (Å²) in [4.78, 5) is 13.4. The van der Waals surface area contributed by atoms with Crippen LogP contribution in [0.15, 0.2) is 62.9 Å². The van der Waals surface area contributed by atoms with E-state index in [1.165, 1.54) is 11.8 Å². The lowest BCUT2D eigenvalue weighted by atomic mass is 10.2. The van der Waals surface area contributed by atoms with Gasteiger partial charge in [-0.1, -0.05) is 42.1 Å². The summed E-state index contributed by atoms with van der Waals surface area (Å²) < 4.78 is 14.6. The summed E-state index contributed by atoms with van der Waals surface area (Å²) in [6, 6.07) is 15.1. The van der Waals surface area contributed by atoms with Gasteiger partial charge in [0.15, 0.2) is 5.16 Å². The van der Waals surface area contributed by atoms with Gasteiger partial charge in [-0.25, -0.2) is 0 Å². The second-order valence-electron chi connectivity index (χ2n) is 7.26. The average Bonchev–Trinajstić information content (AvgIpc) is 3.43. The molecule has 0 saturated carbocycles. The Hall–Kier alpha value is -3.66. The van der Waals surface area contributed by atoms with E-state index in [2.05, 4.69) is 20.4 Å². The Kier molecular flexibility index (Phi) is 5.14. The molecule has 1 atom stereocenters. The lowest BCUT2D eigenvalue weighted by molar-refractivity contribution is 0.408. The van der Waals surface area contributed by atoms with E-state index in [9.17, 15) is 4.79 Å². The molecule has 0 aliphatic rings. The topological polar surface area (TPSA) is 100 Å². The van der Waals surface area contributed by atoms with Crippen LogP contribution in [0.25, 0.3) is 16.7 Å². The van der Waals surface area contributed by atoms with Gasteiger partial charge < -0.3 is 9.15 Å². The molecule has 0 aliphatic heterocycles. The smallest absolute Gasteiger partial charge is 0.263 e. The molecule has 0 radical (unpaired) electrons. The minimum atomic E-state index is -0.142. The molecule has 2 aromatic carbocycles. The van der Waals surface area contributed by atoms with Crippen LogP contribution in [0.4, 0.5) is 0 Å². The van der Waals surface area contributed by atoms with E-state index in [1.54, 1.807) is 18.6 Å². The lowest BCUT2D eigenvalue weighted by Crippen LogP contribution is -2.24. The van der Waals surface area contributed by atoms with Crippen molar-refractivity contribution in [3.63, 3.8) is 0 Å². The zero-order valence-electron chi connectivity index (χ0n) is 17.7. The summed E-state index contributed by atoms with van der Waals surface area (Å²) in [6.07, 6.45) is 0. The molecule has 3 aromatic heterocycles. The first-order valence-electron chi connectivity index (χ1n) is 10.0. The van der Waals surface area contributed by atoms with Crippen LogP contribution >= 0.6 is 11.8 Å². The van der Waals surface area contributed by atoms with Crippen molar-refractivity contribution in [2.24, 2.45) is 0 Å². The molecular weight excluding hydrogens is 428 g/mol. The maximum absolute atomic E-state index is 13.4. The quantitative estimate of drug-likeness (QED) is 0.363. The monoisotopic (exact) mass is 448 g/mol. The van der Waals surface area contributed by atoms with E-state index in [1.807, 2.05) is 59.9 Å². The van der Waals surface area contributed by atoms with E-state index >= 15 is 0 Å². The number of hydrogen-bond donors (Lipinski definition) is 0. The zero-order chi connectivity index (χ0) is 22.2. The van der Waals surface area contributed by atoms with Gasteiger partial charge in [0.25, 0.3) is 5.56 Å². The predicted octanol–water partition coefficient (Wildman–Crippen LogP) is 3.65. The fraction of sp³-hybridized carbons (Fsp3) is 0.227. The molecule has 0 N–H and O–H groups in total. The van der Waals surface area contributed by atoms with Crippen molar-refractivity contribution in [3.8, 4) is 5.75 Å². The van der Waals surface area contributed by atoms with Crippen LogP contribution in [0.3, 0.4) is 0 Å². The predicted molar refractivity (Wildman–Crippen MR) is 120 cm³/mol. The Morgan fingerprint density at radius 3 is 2.62 bits per heavy atom. The van der Waals surface area contributed by atoms with Gasteiger partial charge in [-0.2, -0.15) is 0 Å². The largest absolute Gasteiger partial charge is 0.496 e. The van der Waals surface area contributed by atoms with Gasteiger partial charge in [0.1, 0.15) is 5.75 Å². The van der Waals surface area contributed by atoms with Gasteiger partial charge in [0.2, 0.25) is 17.6 Å². The second kappa shape index (κ2) is 8.12. The van der Waals surface area contributed by atoms with Gasteiger partial charge in [-0.15, -0.1) is 20.4 Å². The molecule has 3 heterocycles. The summed E-state index contributed by atoms with van der Waals surface area (Å²) in [5.74, 6) is 2.18. The summed E-state index contributed by atoms with van der Waals surface area (Å²) >= 11 is 1.44. The normalized spacial score (nSPS) is 12.5. The highest BCUT2D eigenvalue weighted by atomic mass is 32.2. The van der Waals surface area contributed by atoms with Gasteiger partial charge in [0, 0.05) is 12.5 Å². The van der Waals surface area contributed by atoms with Gasteiger partial charge in [0.05, 0.1) is 29.8 Å². The zero-order valence-corrected chi connectivity index (χ0v) is 18.5. The van der Waals surface area contributed by atoms with Gasteiger partial charge in [-0.05, 0) is 25.1 Å². The molecule has 10 heteroatoms. The number of para-hydroxylation sites is 2. The maximum atomic E-state index is 13.4. The molecule has 0 saturated heterocycles. The van der Waals surface area contributed by atoms with E-state index in [-0.39, 0.29) is 10.8 Å². The van der Waals surface area contributed by atoms with Crippen LogP contribution in [0, 0.1) is 6.92 Å². The molecule has 32 heavy (non-hydrogen) atoms. The van der Waals surface area contributed by atoms with E-state index in [4.69, 9.17) is 9.15 Å². The number of aryl methyl sites for hydroxylation is 1. The highest BCUT2D eigenvalue weighted by Gasteiger charge is 2.22. The molecule has 5 aromatic rings. The summed E-state index contributed by atoms with van der Waals surface area (Å²) in [5.41, 5.74) is 1.48. The van der Waals surface area contributed by atoms with Gasteiger partial charge >= 0.3 is 0 Å². The van der Waals surface area contributed by atoms with Crippen LogP contribution in [-0.2, 0) is 6.54 Å². The Morgan fingerprint density at radius 1 is 1.06 bits per heavy atom. The Bertz CT molecular complexity index is 1490. The summed E-state index contributed by atoms with van der Waals surface area (Å²) in [7, 11) is 1.62. The van der Waals surface area contributed by atoms with Crippen molar-refractivity contribution in [1.29, 1.82) is 0 Å². The van der Waals surface area contributed by atoms with Crippen LogP contribution in [-0.4, -0.2) is 36.5 Å². The molecule has 9 nitrogen and oxygen atoms in total. The van der Waals surface area contributed by atoms with Crippen LogP contribution in [0.2, 0.25) is 0 Å². The third-order valence-electron chi connectivity index (χ3n) is 5.17. The van der Waals surface area contributed by atoms with Crippen molar-refractivity contribution in [3.05, 3.63) is 76.2 Å². The molecule has 0 aliphatic carbocycles. The molecule has 0 bridgehead atoms. The fourth-order valence-corrected chi connectivity index (χ4v) is 4.53. The molecule has 1 unspecified atom stereocenters. The minimum Gasteiger partial charge on any atom is -0.496 e. The van der Waals surface area contributed by atoms with Crippen molar-refractivity contribution in [2.45, 2.75) is 30.8 Å². The Balaban J connectivity index is 1.68.